The summed E-state index contributed by atoms with van der Waals surface area (Å²) in [6, 6.07) is 7.06. The van der Waals surface area contributed by atoms with Gasteiger partial charge in [-0.1, -0.05) is 17.7 Å². The highest BCUT2D eigenvalue weighted by Crippen LogP contribution is 2.09. The molecule has 1 aromatic rings. The summed E-state index contributed by atoms with van der Waals surface area (Å²) in [6.07, 6.45) is 0.185. The van der Waals surface area contributed by atoms with Gasteiger partial charge in [0.15, 0.2) is 0 Å². The molecule has 1 heterocycles. The van der Waals surface area contributed by atoms with Crippen LogP contribution in [0.5, 0.6) is 0 Å². The van der Waals surface area contributed by atoms with Gasteiger partial charge < -0.3 is 21.1 Å². The Morgan fingerprint density at radius 3 is 2.78 bits per heavy atom. The van der Waals surface area contributed by atoms with Crippen LogP contribution in [0.4, 0.5) is 10.5 Å². The van der Waals surface area contributed by atoms with E-state index in [9.17, 15) is 9.90 Å². The number of aryl methyl sites for hydroxylation is 1. The molecule has 1 aliphatic heterocycles. The first kappa shape index (κ1) is 12.9. The van der Waals surface area contributed by atoms with Gasteiger partial charge in [0.2, 0.25) is 0 Å². The van der Waals surface area contributed by atoms with Crippen molar-refractivity contribution in [2.24, 2.45) is 0 Å². The van der Waals surface area contributed by atoms with Crippen molar-refractivity contribution in [3.63, 3.8) is 0 Å². The fraction of sp³-hybridized carbons (Fsp3) is 0.462. The summed E-state index contributed by atoms with van der Waals surface area (Å²) in [5.41, 5.74) is 1.89. The lowest BCUT2D eigenvalue weighted by molar-refractivity contribution is 0.103. The van der Waals surface area contributed by atoms with Crippen LogP contribution in [0.3, 0.4) is 0 Å². The normalized spacial score (nSPS) is 23.4. The van der Waals surface area contributed by atoms with Gasteiger partial charge in [-0.2, -0.15) is 0 Å². The van der Waals surface area contributed by atoms with Crippen LogP contribution in [0.25, 0.3) is 0 Å². The Labute approximate surface area is 107 Å². The second kappa shape index (κ2) is 5.84. The van der Waals surface area contributed by atoms with E-state index in [1.54, 1.807) is 0 Å². The molecule has 1 fully saturated rings. The topological polar surface area (TPSA) is 73.4 Å². The van der Waals surface area contributed by atoms with Crippen LogP contribution in [0.2, 0.25) is 0 Å². The molecule has 18 heavy (non-hydrogen) atoms. The van der Waals surface area contributed by atoms with Crippen LogP contribution in [0.15, 0.2) is 24.3 Å². The number of carbonyl (C=O) groups is 1. The Hall–Kier alpha value is -1.59. The SMILES string of the molecule is Cc1ccc(NC(=O)N[C@@H]2CNCC[C@H]2O)cc1. The van der Waals surface area contributed by atoms with E-state index < -0.39 is 6.10 Å². The van der Waals surface area contributed by atoms with Crippen LogP contribution in [-0.4, -0.2) is 36.4 Å². The lowest BCUT2D eigenvalue weighted by atomic mass is 10.0. The average Bonchev–Trinajstić information content (AvgIpc) is 2.35. The molecule has 0 radical (unpaired) electrons. The second-order valence-corrected chi connectivity index (χ2v) is 4.63. The fourth-order valence-electron chi connectivity index (χ4n) is 1.96. The number of amides is 2. The van der Waals surface area contributed by atoms with E-state index in [1.807, 2.05) is 31.2 Å². The Morgan fingerprint density at radius 2 is 2.11 bits per heavy atom. The van der Waals surface area contributed by atoms with E-state index in [4.69, 9.17) is 0 Å². The van der Waals surface area contributed by atoms with Gasteiger partial charge >= 0.3 is 6.03 Å². The lowest BCUT2D eigenvalue weighted by Gasteiger charge is -2.29. The molecule has 4 N–H and O–H groups in total. The number of rotatable bonds is 2. The zero-order chi connectivity index (χ0) is 13.0. The van der Waals surface area contributed by atoms with E-state index in [0.717, 1.165) is 17.8 Å². The van der Waals surface area contributed by atoms with Crippen LogP contribution < -0.4 is 16.0 Å². The molecule has 0 saturated carbocycles. The molecular weight excluding hydrogens is 230 g/mol. The molecule has 0 aromatic heterocycles. The van der Waals surface area contributed by atoms with Crippen molar-refractivity contribution in [1.82, 2.24) is 10.6 Å². The first-order chi connectivity index (χ1) is 8.65. The van der Waals surface area contributed by atoms with Gasteiger partial charge in [-0.25, -0.2) is 4.79 Å². The zero-order valence-corrected chi connectivity index (χ0v) is 10.4. The van der Waals surface area contributed by atoms with Crippen LogP contribution >= 0.6 is 0 Å². The quantitative estimate of drug-likeness (QED) is 0.627. The summed E-state index contributed by atoms with van der Waals surface area (Å²) in [5, 5.41) is 18.4. The van der Waals surface area contributed by atoms with Crippen molar-refractivity contribution in [2.75, 3.05) is 18.4 Å². The maximum atomic E-state index is 11.8. The van der Waals surface area contributed by atoms with Gasteiger partial charge in [0.05, 0.1) is 12.1 Å². The molecular formula is C13H19N3O2. The monoisotopic (exact) mass is 249 g/mol. The van der Waals surface area contributed by atoms with Crippen molar-refractivity contribution in [1.29, 1.82) is 0 Å². The molecule has 2 amide bonds. The van der Waals surface area contributed by atoms with Crippen LogP contribution in [0.1, 0.15) is 12.0 Å². The zero-order valence-electron chi connectivity index (χ0n) is 10.4. The molecule has 0 bridgehead atoms. The largest absolute Gasteiger partial charge is 0.391 e. The number of aliphatic hydroxyl groups is 1. The minimum absolute atomic E-state index is 0.232. The lowest BCUT2D eigenvalue weighted by Crippen LogP contribution is -2.54. The Bertz CT molecular complexity index is 405. The molecule has 0 spiro atoms. The third-order valence-corrected chi connectivity index (χ3v) is 3.07. The highest BCUT2D eigenvalue weighted by molar-refractivity contribution is 5.89. The summed E-state index contributed by atoms with van der Waals surface area (Å²) >= 11 is 0. The number of hydrogen-bond donors (Lipinski definition) is 4. The summed E-state index contributed by atoms with van der Waals surface area (Å²) in [6.45, 7) is 3.38. The molecule has 98 valence electrons. The smallest absolute Gasteiger partial charge is 0.319 e. The third-order valence-electron chi connectivity index (χ3n) is 3.07. The molecule has 2 rings (SSSR count). The Kier molecular flexibility index (Phi) is 4.17. The summed E-state index contributed by atoms with van der Waals surface area (Å²) in [7, 11) is 0. The number of hydrogen-bond acceptors (Lipinski definition) is 3. The van der Waals surface area contributed by atoms with E-state index >= 15 is 0 Å². The summed E-state index contributed by atoms with van der Waals surface area (Å²) in [5.74, 6) is 0. The fourth-order valence-corrected chi connectivity index (χ4v) is 1.96. The van der Waals surface area contributed by atoms with E-state index in [2.05, 4.69) is 16.0 Å². The standard InChI is InChI=1S/C13H19N3O2/c1-9-2-4-10(5-3-9)15-13(18)16-11-8-14-7-6-12(11)17/h2-5,11-12,14,17H,6-8H2,1H3,(H2,15,16,18)/t11-,12-/m1/s1. The van der Waals surface area contributed by atoms with Crippen molar-refractivity contribution in [3.05, 3.63) is 29.8 Å². The maximum Gasteiger partial charge on any atom is 0.319 e. The summed E-state index contributed by atoms with van der Waals surface area (Å²) < 4.78 is 0. The van der Waals surface area contributed by atoms with Gasteiger partial charge in [0.25, 0.3) is 0 Å². The third kappa shape index (κ3) is 3.45. The first-order valence-electron chi connectivity index (χ1n) is 6.18. The minimum Gasteiger partial charge on any atom is -0.391 e. The molecule has 5 heteroatoms. The minimum atomic E-state index is -0.477. The average molecular weight is 249 g/mol. The van der Waals surface area contributed by atoms with E-state index in [1.165, 1.54) is 0 Å². The summed E-state index contributed by atoms with van der Waals surface area (Å²) in [4.78, 5) is 11.8. The number of carbonyl (C=O) groups excluding carboxylic acids is 1. The van der Waals surface area contributed by atoms with Crippen LogP contribution in [0, 0.1) is 6.92 Å². The number of urea groups is 1. The molecule has 1 aromatic carbocycles. The van der Waals surface area contributed by atoms with Gasteiger partial charge in [-0.05, 0) is 32.0 Å². The molecule has 0 unspecified atom stereocenters. The van der Waals surface area contributed by atoms with E-state index in [-0.39, 0.29) is 12.1 Å². The number of aliphatic hydroxyl groups excluding tert-OH is 1. The van der Waals surface area contributed by atoms with Crippen molar-refractivity contribution in [2.45, 2.75) is 25.5 Å². The van der Waals surface area contributed by atoms with Gasteiger partial charge in [-0.15, -0.1) is 0 Å². The predicted molar refractivity (Wildman–Crippen MR) is 70.6 cm³/mol. The number of benzene rings is 1. The molecule has 0 aliphatic carbocycles. The van der Waals surface area contributed by atoms with Gasteiger partial charge in [0.1, 0.15) is 0 Å². The molecule has 1 saturated heterocycles. The first-order valence-corrected chi connectivity index (χ1v) is 6.18. The van der Waals surface area contributed by atoms with Crippen molar-refractivity contribution < 1.29 is 9.90 Å². The number of piperidine rings is 1. The van der Waals surface area contributed by atoms with Gasteiger partial charge in [-0.3, -0.25) is 0 Å². The molecule has 1 aliphatic rings. The Balaban J connectivity index is 1.86. The highest BCUT2D eigenvalue weighted by Gasteiger charge is 2.24. The van der Waals surface area contributed by atoms with Crippen molar-refractivity contribution in [3.8, 4) is 0 Å². The number of anilines is 1. The number of nitrogens with one attached hydrogen (secondary N) is 3. The van der Waals surface area contributed by atoms with Crippen molar-refractivity contribution >= 4 is 11.7 Å². The van der Waals surface area contributed by atoms with E-state index in [0.29, 0.717) is 13.0 Å². The molecule has 2 atom stereocenters. The Morgan fingerprint density at radius 1 is 1.39 bits per heavy atom. The second-order valence-electron chi connectivity index (χ2n) is 4.63. The maximum absolute atomic E-state index is 11.8. The highest BCUT2D eigenvalue weighted by atomic mass is 16.3. The molecule has 5 nitrogen and oxygen atoms in total. The predicted octanol–water partition coefficient (Wildman–Crippen LogP) is 0.839. The van der Waals surface area contributed by atoms with Crippen LogP contribution in [-0.2, 0) is 0 Å². The van der Waals surface area contributed by atoms with Gasteiger partial charge in [0, 0.05) is 12.2 Å².